The number of thioether (sulfide) groups is 1. The lowest BCUT2D eigenvalue weighted by molar-refractivity contribution is -0.396. The molecule has 23 heavy (non-hydrogen) atoms. The minimum absolute atomic E-state index is 0.100. The minimum atomic E-state index is 0.100. The number of amides is 1. The van der Waals surface area contributed by atoms with Crippen molar-refractivity contribution in [3.63, 3.8) is 0 Å². The molecule has 0 radical (unpaired) electrons. The number of aromatic amines is 2. The number of hydrogen-bond acceptors (Lipinski definition) is 2. The van der Waals surface area contributed by atoms with Gasteiger partial charge in [0.05, 0.1) is 5.75 Å². The van der Waals surface area contributed by atoms with Crippen LogP contribution in [0.2, 0.25) is 0 Å². The number of rotatable bonds is 5. The van der Waals surface area contributed by atoms with Crippen molar-refractivity contribution in [2.45, 2.75) is 25.0 Å². The van der Waals surface area contributed by atoms with Gasteiger partial charge in [-0.2, -0.15) is 0 Å². The second kappa shape index (κ2) is 6.87. The molecule has 0 unspecified atom stereocenters. The molecule has 0 bridgehead atoms. The van der Waals surface area contributed by atoms with E-state index in [0.29, 0.717) is 5.75 Å². The van der Waals surface area contributed by atoms with E-state index in [2.05, 4.69) is 9.97 Å². The van der Waals surface area contributed by atoms with Gasteiger partial charge in [-0.05, 0) is 49.9 Å². The fraction of sp³-hybridized carbons (Fsp3) is 0.222. The molecule has 1 heterocycles. The highest BCUT2D eigenvalue weighted by Gasteiger charge is 2.20. The number of hydrogen-bond donors (Lipinski definition) is 1. The lowest BCUT2D eigenvalue weighted by Gasteiger charge is -2.26. The Balaban J connectivity index is 1.72. The molecule has 0 saturated heterocycles. The predicted molar refractivity (Wildman–Crippen MR) is 94.6 cm³/mol. The summed E-state index contributed by atoms with van der Waals surface area (Å²) in [5.74, 6) is 0.486. The van der Waals surface area contributed by atoms with Crippen LogP contribution in [0.4, 0.5) is 5.69 Å². The van der Waals surface area contributed by atoms with Crippen molar-refractivity contribution in [2.24, 2.45) is 0 Å². The van der Waals surface area contributed by atoms with Crippen LogP contribution in [0.5, 0.6) is 0 Å². The average Bonchev–Trinajstić information content (AvgIpc) is 2.96. The van der Waals surface area contributed by atoms with Gasteiger partial charge in [0.15, 0.2) is 11.0 Å². The summed E-state index contributed by atoms with van der Waals surface area (Å²) >= 11 is 1.49. The molecule has 3 rings (SSSR count). The number of para-hydroxylation sites is 3. The van der Waals surface area contributed by atoms with E-state index < -0.39 is 0 Å². The van der Waals surface area contributed by atoms with Gasteiger partial charge in [-0.25, -0.2) is 9.97 Å². The molecule has 5 heteroatoms. The predicted octanol–water partition coefficient (Wildman–Crippen LogP) is 3.52. The van der Waals surface area contributed by atoms with Crippen molar-refractivity contribution in [2.75, 3.05) is 10.7 Å². The quantitative estimate of drug-likeness (QED) is 0.729. The molecule has 2 N–H and O–H groups in total. The summed E-state index contributed by atoms with van der Waals surface area (Å²) in [6.07, 6.45) is 0. The molecule has 0 aliphatic carbocycles. The fourth-order valence-corrected chi connectivity index (χ4v) is 3.34. The number of benzene rings is 2. The maximum atomic E-state index is 12.7. The standard InChI is InChI=1S/C18H19N3OS/c1-13(2)21(14-8-4-3-5-9-14)17(22)12-23-18-19-15-10-6-7-11-16(15)20-18/h3-11,13H,12H2,1-2H3,(H,19,20)/p+1. The Morgan fingerprint density at radius 2 is 1.83 bits per heavy atom. The highest BCUT2D eigenvalue weighted by Crippen LogP contribution is 2.20. The second-order valence-electron chi connectivity index (χ2n) is 5.61. The monoisotopic (exact) mass is 326 g/mol. The van der Waals surface area contributed by atoms with Crippen molar-refractivity contribution in [3.8, 4) is 0 Å². The minimum Gasteiger partial charge on any atom is -0.309 e. The molecule has 0 aliphatic rings. The third-order valence-corrected chi connectivity index (χ3v) is 4.47. The van der Waals surface area contributed by atoms with Gasteiger partial charge in [0.25, 0.3) is 0 Å². The number of nitrogens with one attached hydrogen (secondary N) is 2. The number of aromatic nitrogens is 2. The van der Waals surface area contributed by atoms with Crippen molar-refractivity contribution in [1.29, 1.82) is 0 Å². The van der Waals surface area contributed by atoms with Gasteiger partial charge in [-0.1, -0.05) is 30.3 Å². The van der Waals surface area contributed by atoms with Crippen molar-refractivity contribution < 1.29 is 9.78 Å². The first-order chi connectivity index (χ1) is 11.1. The van der Waals surface area contributed by atoms with E-state index in [1.54, 1.807) is 0 Å². The highest BCUT2D eigenvalue weighted by molar-refractivity contribution is 7.99. The van der Waals surface area contributed by atoms with Gasteiger partial charge in [0, 0.05) is 11.7 Å². The van der Waals surface area contributed by atoms with Crippen molar-refractivity contribution >= 4 is 34.4 Å². The zero-order chi connectivity index (χ0) is 16.2. The summed E-state index contributed by atoms with van der Waals surface area (Å²) in [4.78, 5) is 21.1. The summed E-state index contributed by atoms with van der Waals surface area (Å²) in [7, 11) is 0. The number of carbonyl (C=O) groups excluding carboxylic acids is 1. The third kappa shape index (κ3) is 3.56. The number of H-pyrrole nitrogens is 2. The molecule has 0 aliphatic heterocycles. The van der Waals surface area contributed by atoms with Crippen molar-refractivity contribution in [3.05, 3.63) is 54.6 Å². The highest BCUT2D eigenvalue weighted by atomic mass is 32.2. The molecule has 1 aromatic heterocycles. The smallest absolute Gasteiger partial charge is 0.309 e. The lowest BCUT2D eigenvalue weighted by Crippen LogP contribution is -2.38. The molecule has 0 atom stereocenters. The first kappa shape index (κ1) is 15.6. The molecule has 118 valence electrons. The van der Waals surface area contributed by atoms with Gasteiger partial charge in [-0.15, -0.1) is 0 Å². The normalized spacial score (nSPS) is 11.1. The summed E-state index contributed by atoms with van der Waals surface area (Å²) < 4.78 is 0. The lowest BCUT2D eigenvalue weighted by atomic mass is 10.2. The number of imidazole rings is 1. The van der Waals surface area contributed by atoms with Crippen LogP contribution >= 0.6 is 11.8 Å². The SMILES string of the molecule is CC(C)N(C(=O)CSc1[nH]c2ccccc2[nH+]1)c1ccccc1. The maximum Gasteiger partial charge on any atom is 0.315 e. The van der Waals surface area contributed by atoms with E-state index in [4.69, 9.17) is 0 Å². The Labute approximate surface area is 139 Å². The molecular formula is C18H20N3OS+. The molecule has 1 amide bonds. The molecule has 0 spiro atoms. The van der Waals surface area contributed by atoms with Crippen LogP contribution in [-0.2, 0) is 4.79 Å². The Hall–Kier alpha value is -2.27. The van der Waals surface area contributed by atoms with Gasteiger partial charge in [-0.3, -0.25) is 4.79 Å². The average molecular weight is 326 g/mol. The molecule has 0 saturated carbocycles. The molecular weight excluding hydrogens is 306 g/mol. The summed E-state index contributed by atoms with van der Waals surface area (Å²) in [5.41, 5.74) is 3.03. The van der Waals surface area contributed by atoms with Crippen LogP contribution in [0.25, 0.3) is 11.0 Å². The largest absolute Gasteiger partial charge is 0.315 e. The Morgan fingerprint density at radius 1 is 1.13 bits per heavy atom. The number of carbonyl (C=O) groups is 1. The fourth-order valence-electron chi connectivity index (χ4n) is 2.57. The topological polar surface area (TPSA) is 50.2 Å². The van der Waals surface area contributed by atoms with Crippen LogP contribution in [0.3, 0.4) is 0 Å². The van der Waals surface area contributed by atoms with E-state index in [1.165, 1.54) is 11.8 Å². The van der Waals surface area contributed by atoms with Crippen LogP contribution in [0.15, 0.2) is 59.8 Å². The van der Waals surface area contributed by atoms with Crippen molar-refractivity contribution in [1.82, 2.24) is 4.98 Å². The molecule has 4 nitrogen and oxygen atoms in total. The summed E-state index contributed by atoms with van der Waals surface area (Å²) in [6, 6.07) is 17.9. The molecule has 0 fully saturated rings. The van der Waals surface area contributed by atoms with E-state index >= 15 is 0 Å². The van der Waals surface area contributed by atoms with Gasteiger partial charge in [0.2, 0.25) is 5.91 Å². The van der Waals surface area contributed by atoms with E-state index in [0.717, 1.165) is 21.9 Å². The second-order valence-corrected chi connectivity index (χ2v) is 6.59. The Kier molecular flexibility index (Phi) is 4.67. The molecule has 2 aromatic carbocycles. The van der Waals surface area contributed by atoms with Crippen LogP contribution in [0.1, 0.15) is 13.8 Å². The number of anilines is 1. The van der Waals surface area contributed by atoms with Gasteiger partial charge < -0.3 is 4.90 Å². The summed E-state index contributed by atoms with van der Waals surface area (Å²) in [5, 5.41) is 0.899. The first-order valence-electron chi connectivity index (χ1n) is 7.65. The zero-order valence-electron chi connectivity index (χ0n) is 13.2. The van der Waals surface area contributed by atoms with E-state index in [1.807, 2.05) is 73.3 Å². The van der Waals surface area contributed by atoms with Crippen LogP contribution in [-0.4, -0.2) is 22.7 Å². The van der Waals surface area contributed by atoms with Crippen LogP contribution in [0, 0.1) is 0 Å². The van der Waals surface area contributed by atoms with Crippen LogP contribution < -0.4 is 9.88 Å². The van der Waals surface area contributed by atoms with Gasteiger partial charge >= 0.3 is 5.16 Å². The number of nitrogens with zero attached hydrogens (tertiary/aromatic N) is 1. The Bertz CT molecular complexity index is 765. The van der Waals surface area contributed by atoms with E-state index in [-0.39, 0.29) is 11.9 Å². The molecule has 3 aromatic rings. The summed E-state index contributed by atoms with van der Waals surface area (Å²) in [6.45, 7) is 4.06. The first-order valence-corrected chi connectivity index (χ1v) is 8.63. The Morgan fingerprint density at radius 3 is 2.52 bits per heavy atom. The zero-order valence-corrected chi connectivity index (χ0v) is 14.1. The maximum absolute atomic E-state index is 12.7. The van der Waals surface area contributed by atoms with E-state index in [9.17, 15) is 4.79 Å². The number of fused-ring (bicyclic) bond motifs is 1. The van der Waals surface area contributed by atoms with Gasteiger partial charge in [0.1, 0.15) is 0 Å². The third-order valence-electron chi connectivity index (χ3n) is 3.58.